The van der Waals surface area contributed by atoms with Crippen molar-refractivity contribution in [2.24, 2.45) is 7.05 Å². The fourth-order valence-electron chi connectivity index (χ4n) is 1.72. The van der Waals surface area contributed by atoms with Crippen molar-refractivity contribution >= 4 is 33.1 Å². The quantitative estimate of drug-likeness (QED) is 0.904. The van der Waals surface area contributed by atoms with Gasteiger partial charge in [-0.2, -0.15) is 5.10 Å². The van der Waals surface area contributed by atoms with Crippen LogP contribution in [0.25, 0.3) is 0 Å². The number of hydrogen-bond acceptors (Lipinski definition) is 4. The monoisotopic (exact) mass is 318 g/mol. The minimum atomic E-state index is -4.05. The summed E-state index contributed by atoms with van der Waals surface area (Å²) in [7, 11) is -2.49. The Morgan fingerprint density at radius 2 is 2.10 bits per heavy atom. The van der Waals surface area contributed by atoms with Crippen LogP contribution in [0.3, 0.4) is 0 Å². The molecule has 0 saturated carbocycles. The van der Waals surface area contributed by atoms with E-state index in [1.165, 1.54) is 16.8 Å². The van der Waals surface area contributed by atoms with E-state index in [4.69, 9.17) is 17.3 Å². The maximum atomic E-state index is 13.6. The summed E-state index contributed by atoms with van der Waals surface area (Å²) in [6.45, 7) is 1.55. The predicted octanol–water partition coefficient (Wildman–Crippen LogP) is 1.90. The lowest BCUT2D eigenvalue weighted by molar-refractivity contribution is 0.597. The van der Waals surface area contributed by atoms with Crippen LogP contribution in [0, 0.1) is 12.7 Å². The Kier molecular flexibility index (Phi) is 3.61. The summed E-state index contributed by atoms with van der Waals surface area (Å²) in [5.41, 5.74) is 5.67. The zero-order valence-corrected chi connectivity index (χ0v) is 12.3. The van der Waals surface area contributed by atoms with Gasteiger partial charge in [-0.1, -0.05) is 11.6 Å². The van der Waals surface area contributed by atoms with E-state index in [2.05, 4.69) is 9.82 Å². The van der Waals surface area contributed by atoms with Crippen molar-refractivity contribution in [2.45, 2.75) is 11.8 Å². The van der Waals surface area contributed by atoms with Crippen molar-refractivity contribution < 1.29 is 12.8 Å². The third kappa shape index (κ3) is 2.56. The number of anilines is 2. The Morgan fingerprint density at radius 3 is 2.65 bits per heavy atom. The highest BCUT2D eigenvalue weighted by molar-refractivity contribution is 7.93. The number of nitrogen functional groups attached to an aromatic ring is 1. The van der Waals surface area contributed by atoms with Crippen LogP contribution in [0.1, 0.15) is 5.69 Å². The summed E-state index contributed by atoms with van der Waals surface area (Å²) in [5, 5.41) is 4.02. The highest BCUT2D eigenvalue weighted by Gasteiger charge is 2.25. The standard InChI is InChI=1S/C11H12ClFN4O2S/c1-6-10(11(14)15-17(6)2)20(18,19)16-9-5-7(12)3-4-8(9)13/h3-5,16H,1-2H3,(H2,14,15). The fourth-order valence-corrected chi connectivity index (χ4v) is 3.28. The molecule has 1 aromatic carbocycles. The topological polar surface area (TPSA) is 90.0 Å². The lowest BCUT2D eigenvalue weighted by Crippen LogP contribution is -2.16. The van der Waals surface area contributed by atoms with E-state index in [-0.39, 0.29) is 21.4 Å². The van der Waals surface area contributed by atoms with E-state index in [0.29, 0.717) is 5.69 Å². The van der Waals surface area contributed by atoms with Crippen molar-refractivity contribution in [1.29, 1.82) is 0 Å². The predicted molar refractivity (Wildman–Crippen MR) is 74.6 cm³/mol. The number of halogens is 2. The van der Waals surface area contributed by atoms with Crippen molar-refractivity contribution in [3.8, 4) is 0 Å². The summed E-state index contributed by atoms with van der Waals surface area (Å²) in [5.74, 6) is -0.891. The van der Waals surface area contributed by atoms with Crippen LogP contribution in [-0.2, 0) is 17.1 Å². The van der Waals surface area contributed by atoms with E-state index < -0.39 is 15.8 Å². The van der Waals surface area contributed by atoms with Crippen LogP contribution < -0.4 is 10.5 Å². The molecule has 0 aliphatic heterocycles. The third-order valence-corrected chi connectivity index (χ3v) is 4.51. The normalized spacial score (nSPS) is 11.6. The Labute approximate surface area is 120 Å². The number of nitrogens with zero attached hydrogens (tertiary/aromatic N) is 2. The Hall–Kier alpha value is -1.80. The van der Waals surface area contributed by atoms with Crippen LogP contribution in [0.5, 0.6) is 0 Å². The number of aryl methyl sites for hydroxylation is 1. The Balaban J connectivity index is 2.49. The Morgan fingerprint density at radius 1 is 1.45 bits per heavy atom. The van der Waals surface area contributed by atoms with Crippen LogP contribution >= 0.6 is 11.6 Å². The van der Waals surface area contributed by atoms with E-state index in [1.807, 2.05) is 0 Å². The SMILES string of the molecule is Cc1c(S(=O)(=O)Nc2cc(Cl)ccc2F)c(N)nn1C. The first-order valence-electron chi connectivity index (χ1n) is 5.49. The molecule has 0 bridgehead atoms. The molecule has 0 amide bonds. The number of sulfonamides is 1. The van der Waals surface area contributed by atoms with Crippen LogP contribution in [0.2, 0.25) is 5.02 Å². The summed E-state index contributed by atoms with van der Waals surface area (Å²) < 4.78 is 41.6. The lowest BCUT2D eigenvalue weighted by Gasteiger charge is -2.09. The number of aromatic nitrogens is 2. The second-order valence-corrected chi connectivity index (χ2v) is 6.21. The summed E-state index contributed by atoms with van der Waals surface area (Å²) in [4.78, 5) is -0.181. The van der Waals surface area contributed by atoms with E-state index in [9.17, 15) is 12.8 Å². The molecule has 0 unspecified atom stereocenters. The first kappa shape index (κ1) is 14.6. The molecule has 0 fully saturated rings. The number of rotatable bonds is 3. The van der Waals surface area contributed by atoms with Gasteiger partial charge in [0.1, 0.15) is 5.82 Å². The molecule has 108 valence electrons. The minimum absolute atomic E-state index is 0.153. The highest BCUT2D eigenvalue weighted by atomic mass is 35.5. The van der Waals surface area contributed by atoms with Crippen molar-refractivity contribution in [3.05, 3.63) is 34.7 Å². The molecule has 2 aromatic rings. The van der Waals surface area contributed by atoms with Gasteiger partial charge in [0.15, 0.2) is 10.7 Å². The highest BCUT2D eigenvalue weighted by Crippen LogP contribution is 2.26. The molecule has 3 N–H and O–H groups in total. The van der Waals surface area contributed by atoms with Crippen molar-refractivity contribution in [1.82, 2.24) is 9.78 Å². The van der Waals surface area contributed by atoms with Gasteiger partial charge in [0.05, 0.1) is 11.4 Å². The van der Waals surface area contributed by atoms with Gasteiger partial charge in [-0.3, -0.25) is 9.40 Å². The van der Waals surface area contributed by atoms with Gasteiger partial charge >= 0.3 is 0 Å². The van der Waals surface area contributed by atoms with Gasteiger partial charge in [-0.05, 0) is 25.1 Å². The summed E-state index contributed by atoms with van der Waals surface area (Å²) in [6, 6.07) is 3.56. The van der Waals surface area contributed by atoms with E-state index in [1.54, 1.807) is 14.0 Å². The molecule has 0 radical (unpaired) electrons. The molecule has 0 spiro atoms. The number of benzene rings is 1. The van der Waals surface area contributed by atoms with Crippen LogP contribution in [0.15, 0.2) is 23.1 Å². The molecule has 6 nitrogen and oxygen atoms in total. The number of nitrogens with one attached hydrogen (secondary N) is 1. The van der Waals surface area contributed by atoms with Gasteiger partial charge in [0.25, 0.3) is 10.0 Å². The van der Waals surface area contributed by atoms with Crippen molar-refractivity contribution in [2.75, 3.05) is 10.5 Å². The maximum absolute atomic E-state index is 13.6. The van der Waals surface area contributed by atoms with Gasteiger partial charge in [-0.15, -0.1) is 0 Å². The zero-order chi connectivity index (χ0) is 15.1. The van der Waals surface area contributed by atoms with Crippen LogP contribution in [0.4, 0.5) is 15.9 Å². The van der Waals surface area contributed by atoms with Gasteiger partial charge in [0.2, 0.25) is 0 Å². The first-order chi connectivity index (χ1) is 9.22. The zero-order valence-electron chi connectivity index (χ0n) is 10.7. The fraction of sp³-hybridized carbons (Fsp3) is 0.182. The molecule has 0 aliphatic carbocycles. The van der Waals surface area contributed by atoms with E-state index in [0.717, 1.165) is 6.07 Å². The molecule has 0 aliphatic rings. The molecule has 0 saturated heterocycles. The second kappa shape index (κ2) is 4.95. The largest absolute Gasteiger partial charge is 0.381 e. The summed E-state index contributed by atoms with van der Waals surface area (Å²) in [6.07, 6.45) is 0. The maximum Gasteiger partial charge on any atom is 0.267 e. The molecule has 0 atom stereocenters. The molecule has 9 heteroatoms. The number of hydrogen-bond donors (Lipinski definition) is 2. The average Bonchev–Trinajstić information content (AvgIpc) is 2.58. The second-order valence-electron chi connectivity index (χ2n) is 4.15. The smallest absolute Gasteiger partial charge is 0.267 e. The molecular formula is C11H12ClFN4O2S. The van der Waals surface area contributed by atoms with Gasteiger partial charge in [-0.25, -0.2) is 12.8 Å². The van der Waals surface area contributed by atoms with Crippen LogP contribution in [-0.4, -0.2) is 18.2 Å². The minimum Gasteiger partial charge on any atom is -0.381 e. The first-order valence-corrected chi connectivity index (χ1v) is 7.35. The molecule has 1 aromatic heterocycles. The van der Waals surface area contributed by atoms with Crippen molar-refractivity contribution in [3.63, 3.8) is 0 Å². The molecule has 20 heavy (non-hydrogen) atoms. The average molecular weight is 319 g/mol. The molecular weight excluding hydrogens is 307 g/mol. The number of nitrogens with two attached hydrogens (primary N) is 1. The lowest BCUT2D eigenvalue weighted by atomic mass is 10.3. The van der Waals surface area contributed by atoms with Gasteiger partial charge in [0, 0.05) is 12.1 Å². The van der Waals surface area contributed by atoms with E-state index >= 15 is 0 Å². The third-order valence-electron chi connectivity index (χ3n) is 2.75. The Bertz CT molecular complexity index is 773. The summed E-state index contributed by atoms with van der Waals surface area (Å²) >= 11 is 5.72. The van der Waals surface area contributed by atoms with Gasteiger partial charge < -0.3 is 5.73 Å². The molecule has 1 heterocycles. The molecule has 2 rings (SSSR count).